The van der Waals surface area contributed by atoms with Gasteiger partial charge in [0.25, 0.3) is 10.0 Å². The molecule has 0 bridgehead atoms. The lowest BCUT2D eigenvalue weighted by atomic mass is 9.99. The Morgan fingerprint density at radius 2 is 1.41 bits per heavy atom. The smallest absolute Gasteiger partial charge is 0.335 e. The summed E-state index contributed by atoms with van der Waals surface area (Å²) in [7, 11) is -3.65. The van der Waals surface area contributed by atoms with Gasteiger partial charge >= 0.3 is 5.97 Å². The summed E-state index contributed by atoms with van der Waals surface area (Å²) in [5.74, 6) is -0.897. The molecule has 5 nitrogen and oxygen atoms in total. The number of carboxylic acids is 1. The number of hydrogen-bond acceptors (Lipinski definition) is 3. The van der Waals surface area contributed by atoms with Crippen molar-refractivity contribution in [2.24, 2.45) is 0 Å². The Balaban J connectivity index is 1.58. The SMILES string of the molecule is CCc1ccc(S(=O)(=O)Nc2ccccc2CCCCCc2ccccc2C(=O)O)cc1. The zero-order valence-corrected chi connectivity index (χ0v) is 19.1. The summed E-state index contributed by atoms with van der Waals surface area (Å²) >= 11 is 0. The van der Waals surface area contributed by atoms with Crippen LogP contribution in [0.1, 0.15) is 53.2 Å². The van der Waals surface area contributed by atoms with Crippen molar-refractivity contribution in [2.45, 2.75) is 50.3 Å². The highest BCUT2D eigenvalue weighted by Gasteiger charge is 2.16. The molecule has 3 aromatic carbocycles. The number of unbranched alkanes of at least 4 members (excludes halogenated alkanes) is 2. The predicted molar refractivity (Wildman–Crippen MR) is 128 cm³/mol. The number of para-hydroxylation sites is 1. The van der Waals surface area contributed by atoms with Crippen molar-refractivity contribution in [3.05, 3.63) is 95.1 Å². The summed E-state index contributed by atoms with van der Waals surface area (Å²) in [4.78, 5) is 11.6. The third-order valence-electron chi connectivity index (χ3n) is 5.54. The van der Waals surface area contributed by atoms with E-state index < -0.39 is 16.0 Å². The molecule has 32 heavy (non-hydrogen) atoms. The highest BCUT2D eigenvalue weighted by atomic mass is 32.2. The van der Waals surface area contributed by atoms with Crippen molar-refractivity contribution in [1.82, 2.24) is 0 Å². The van der Waals surface area contributed by atoms with E-state index in [-0.39, 0.29) is 4.90 Å². The minimum Gasteiger partial charge on any atom is -0.478 e. The van der Waals surface area contributed by atoms with Gasteiger partial charge in [0.15, 0.2) is 0 Å². The van der Waals surface area contributed by atoms with Gasteiger partial charge in [0.05, 0.1) is 16.1 Å². The number of sulfonamides is 1. The average Bonchev–Trinajstić information content (AvgIpc) is 2.80. The third kappa shape index (κ3) is 6.20. The molecule has 0 fully saturated rings. The molecule has 0 unspecified atom stereocenters. The van der Waals surface area contributed by atoms with Crippen LogP contribution in [0.4, 0.5) is 5.69 Å². The van der Waals surface area contributed by atoms with E-state index in [1.54, 1.807) is 30.3 Å². The van der Waals surface area contributed by atoms with Crippen LogP contribution in [0.15, 0.2) is 77.7 Å². The van der Waals surface area contributed by atoms with Gasteiger partial charge in [-0.15, -0.1) is 0 Å². The second-order valence-corrected chi connectivity index (χ2v) is 9.47. The van der Waals surface area contributed by atoms with Gasteiger partial charge in [0, 0.05) is 0 Å². The third-order valence-corrected chi connectivity index (χ3v) is 6.92. The van der Waals surface area contributed by atoms with Gasteiger partial charge in [0.1, 0.15) is 0 Å². The molecule has 0 saturated heterocycles. The Kier molecular flexibility index (Phi) is 8.06. The van der Waals surface area contributed by atoms with Crippen LogP contribution < -0.4 is 4.72 Å². The van der Waals surface area contributed by atoms with E-state index >= 15 is 0 Å². The molecule has 6 heteroatoms. The van der Waals surface area contributed by atoms with Crippen molar-refractivity contribution in [2.75, 3.05) is 4.72 Å². The Bertz CT molecular complexity index is 1150. The van der Waals surface area contributed by atoms with E-state index in [4.69, 9.17) is 0 Å². The van der Waals surface area contributed by atoms with Gasteiger partial charge in [-0.05, 0) is 73.1 Å². The first-order chi connectivity index (χ1) is 15.4. The minimum absolute atomic E-state index is 0.251. The van der Waals surface area contributed by atoms with Crippen LogP contribution in [-0.2, 0) is 29.3 Å². The molecule has 0 spiro atoms. The predicted octanol–water partition coefficient (Wildman–Crippen LogP) is 5.70. The van der Waals surface area contributed by atoms with Crippen molar-refractivity contribution in [3.63, 3.8) is 0 Å². The normalized spacial score (nSPS) is 11.3. The Labute approximate surface area is 190 Å². The van der Waals surface area contributed by atoms with Gasteiger partial charge in [-0.3, -0.25) is 4.72 Å². The molecular weight excluding hydrogens is 422 g/mol. The monoisotopic (exact) mass is 451 g/mol. The van der Waals surface area contributed by atoms with Crippen molar-refractivity contribution >= 4 is 21.7 Å². The van der Waals surface area contributed by atoms with E-state index in [2.05, 4.69) is 4.72 Å². The standard InChI is InChI=1S/C26H29NO4S/c1-2-20-16-18-23(19-17-20)32(30,31)27-25-15-9-7-13-22(25)12-5-3-4-10-21-11-6-8-14-24(21)26(28)29/h6-9,11,13-19,27H,2-5,10,12H2,1H3,(H,28,29). The number of anilines is 1. The van der Waals surface area contributed by atoms with E-state index in [0.29, 0.717) is 17.7 Å². The molecule has 0 saturated carbocycles. The van der Waals surface area contributed by atoms with E-state index in [1.165, 1.54) is 0 Å². The maximum Gasteiger partial charge on any atom is 0.335 e. The highest BCUT2D eigenvalue weighted by molar-refractivity contribution is 7.92. The lowest BCUT2D eigenvalue weighted by Crippen LogP contribution is -2.14. The topological polar surface area (TPSA) is 83.5 Å². The second kappa shape index (κ2) is 11.0. The fourth-order valence-electron chi connectivity index (χ4n) is 3.70. The molecular formula is C26H29NO4S. The summed E-state index contributed by atoms with van der Waals surface area (Å²) in [6, 6.07) is 21.5. The van der Waals surface area contributed by atoms with Crippen LogP contribution in [-0.4, -0.2) is 19.5 Å². The number of rotatable bonds is 11. The molecule has 2 N–H and O–H groups in total. The minimum atomic E-state index is -3.65. The molecule has 0 aliphatic carbocycles. The van der Waals surface area contributed by atoms with Gasteiger partial charge in [-0.1, -0.05) is 61.9 Å². The highest BCUT2D eigenvalue weighted by Crippen LogP contribution is 2.23. The van der Waals surface area contributed by atoms with Crippen LogP contribution in [0.25, 0.3) is 0 Å². The maximum atomic E-state index is 12.8. The van der Waals surface area contributed by atoms with Crippen LogP contribution in [0.2, 0.25) is 0 Å². The van der Waals surface area contributed by atoms with Crippen molar-refractivity contribution in [1.29, 1.82) is 0 Å². The second-order valence-electron chi connectivity index (χ2n) is 7.78. The lowest BCUT2D eigenvalue weighted by Gasteiger charge is -2.13. The van der Waals surface area contributed by atoms with Gasteiger partial charge < -0.3 is 5.11 Å². The molecule has 168 valence electrons. The number of benzene rings is 3. The number of nitrogens with one attached hydrogen (secondary N) is 1. The first-order valence-corrected chi connectivity index (χ1v) is 12.4. The summed E-state index contributed by atoms with van der Waals surface area (Å²) in [5.41, 5.74) is 3.85. The molecule has 3 rings (SSSR count). The van der Waals surface area contributed by atoms with Gasteiger partial charge in [-0.25, -0.2) is 13.2 Å². The van der Waals surface area contributed by atoms with Gasteiger partial charge in [-0.2, -0.15) is 0 Å². The number of carbonyl (C=O) groups is 1. The van der Waals surface area contributed by atoms with E-state index in [9.17, 15) is 18.3 Å². The van der Waals surface area contributed by atoms with Crippen LogP contribution in [0.3, 0.4) is 0 Å². The zero-order chi connectivity index (χ0) is 23.0. The van der Waals surface area contributed by atoms with Crippen LogP contribution >= 0.6 is 0 Å². The number of carboxylic acid groups (broad SMARTS) is 1. The van der Waals surface area contributed by atoms with Crippen molar-refractivity contribution < 1.29 is 18.3 Å². The average molecular weight is 452 g/mol. The molecule has 0 atom stereocenters. The molecule has 0 amide bonds. The van der Waals surface area contributed by atoms with Crippen LogP contribution in [0.5, 0.6) is 0 Å². The maximum absolute atomic E-state index is 12.8. The molecule has 0 radical (unpaired) electrons. The van der Waals surface area contributed by atoms with Crippen molar-refractivity contribution in [3.8, 4) is 0 Å². The molecule has 3 aromatic rings. The van der Waals surface area contributed by atoms with Gasteiger partial charge in [0.2, 0.25) is 0 Å². The van der Waals surface area contributed by atoms with E-state index in [1.807, 2.05) is 49.4 Å². The molecule has 0 aliphatic heterocycles. The quantitative estimate of drug-likeness (QED) is 0.366. The molecule has 0 aliphatic rings. The summed E-state index contributed by atoms with van der Waals surface area (Å²) in [5, 5.41) is 9.29. The Morgan fingerprint density at radius 3 is 2.06 bits per heavy atom. The first-order valence-electron chi connectivity index (χ1n) is 10.9. The summed E-state index contributed by atoms with van der Waals surface area (Å²) in [6.45, 7) is 2.03. The summed E-state index contributed by atoms with van der Waals surface area (Å²) in [6.07, 6.45) is 5.01. The summed E-state index contributed by atoms with van der Waals surface area (Å²) < 4.78 is 28.4. The first kappa shape index (κ1) is 23.5. The van der Waals surface area contributed by atoms with Crippen LogP contribution in [0, 0.1) is 0 Å². The fourth-order valence-corrected chi connectivity index (χ4v) is 4.80. The molecule has 0 aromatic heterocycles. The zero-order valence-electron chi connectivity index (χ0n) is 18.3. The van der Waals surface area contributed by atoms with E-state index in [0.717, 1.165) is 48.8 Å². The lowest BCUT2D eigenvalue weighted by molar-refractivity contribution is 0.0695. The largest absolute Gasteiger partial charge is 0.478 e. The Hall–Kier alpha value is -3.12. The number of aryl methyl sites for hydroxylation is 3. The Morgan fingerprint density at radius 1 is 0.812 bits per heavy atom. The number of aromatic carboxylic acids is 1. The molecule has 0 heterocycles. The fraction of sp³-hybridized carbons (Fsp3) is 0.269. The number of hydrogen-bond donors (Lipinski definition) is 2.